The number of carbonyl (C=O) groups is 2. The Bertz CT molecular complexity index is 974. The second kappa shape index (κ2) is 7.97. The summed E-state index contributed by atoms with van der Waals surface area (Å²) in [5.74, 6) is -0.0316. The fraction of sp³-hybridized carbons (Fsp3) is 0.421. The third-order valence-corrected chi connectivity index (χ3v) is 5.88. The van der Waals surface area contributed by atoms with E-state index in [1.54, 1.807) is 18.2 Å². The van der Waals surface area contributed by atoms with Crippen molar-refractivity contribution in [2.24, 2.45) is 4.99 Å². The van der Waals surface area contributed by atoms with Crippen LogP contribution in [0.15, 0.2) is 29.4 Å². The molecule has 2 aromatic rings. The first kappa shape index (κ1) is 20.4. The molecule has 1 saturated heterocycles. The number of methoxy groups -OCH3 is 1. The van der Waals surface area contributed by atoms with E-state index in [0.29, 0.717) is 27.7 Å². The van der Waals surface area contributed by atoms with Gasteiger partial charge in [-0.25, -0.2) is 4.79 Å². The topological polar surface area (TPSA) is 81.9 Å². The molecule has 1 fully saturated rings. The third kappa shape index (κ3) is 4.56. The summed E-state index contributed by atoms with van der Waals surface area (Å²) in [5.41, 5.74) is 0.191. The minimum Gasteiger partial charge on any atom is -0.496 e. The minimum atomic E-state index is -0.442. The molecule has 1 aliphatic rings. The lowest BCUT2D eigenvalue weighted by molar-refractivity contribution is 0.0994. The molecule has 1 atom stereocenters. The zero-order valence-electron chi connectivity index (χ0n) is 16.1. The van der Waals surface area contributed by atoms with E-state index in [4.69, 9.17) is 21.1 Å². The summed E-state index contributed by atoms with van der Waals surface area (Å²) in [6.07, 6.45) is 1.53. The largest absolute Gasteiger partial charge is 0.496 e. The van der Waals surface area contributed by atoms with Crippen molar-refractivity contribution < 1.29 is 19.1 Å². The lowest BCUT2D eigenvalue weighted by atomic mass is 9.95. The molecule has 2 heterocycles. The van der Waals surface area contributed by atoms with Gasteiger partial charge in [-0.15, -0.1) is 11.3 Å². The molecule has 28 heavy (non-hydrogen) atoms. The first-order chi connectivity index (χ1) is 13.2. The van der Waals surface area contributed by atoms with Crippen LogP contribution < -0.4 is 14.9 Å². The average molecular weight is 424 g/mol. The van der Waals surface area contributed by atoms with Gasteiger partial charge in [-0.05, 0) is 23.6 Å². The van der Waals surface area contributed by atoms with E-state index in [9.17, 15) is 9.59 Å². The average Bonchev–Trinajstić information content (AvgIpc) is 3.21. The lowest BCUT2D eigenvalue weighted by Crippen LogP contribution is -2.33. The first-order valence-electron chi connectivity index (χ1n) is 8.74. The molecule has 150 valence electrons. The number of halogens is 1. The molecular weight excluding hydrogens is 402 g/mol. The van der Waals surface area contributed by atoms with Crippen LogP contribution in [0.3, 0.4) is 0 Å². The highest BCUT2D eigenvalue weighted by Crippen LogP contribution is 2.26. The van der Waals surface area contributed by atoms with Crippen molar-refractivity contribution in [1.82, 2.24) is 9.88 Å². The Morgan fingerprint density at radius 1 is 1.46 bits per heavy atom. The predicted octanol–water partition coefficient (Wildman–Crippen LogP) is 3.36. The molecule has 1 N–H and O–H groups in total. The Kier molecular flexibility index (Phi) is 5.81. The smallest absolute Gasteiger partial charge is 0.407 e. The van der Waals surface area contributed by atoms with Crippen molar-refractivity contribution in [1.29, 1.82) is 0 Å². The molecule has 3 rings (SSSR count). The van der Waals surface area contributed by atoms with Gasteiger partial charge in [-0.1, -0.05) is 32.4 Å². The zero-order valence-corrected chi connectivity index (χ0v) is 17.7. The van der Waals surface area contributed by atoms with Gasteiger partial charge in [-0.2, -0.15) is 4.99 Å². The second-order valence-electron chi connectivity index (χ2n) is 7.48. The molecule has 7 nitrogen and oxygen atoms in total. The van der Waals surface area contributed by atoms with Gasteiger partial charge in [0.1, 0.15) is 12.4 Å². The lowest BCUT2D eigenvalue weighted by Gasteiger charge is -2.15. The summed E-state index contributed by atoms with van der Waals surface area (Å²) in [6.45, 7) is 7.01. The van der Waals surface area contributed by atoms with Crippen LogP contribution in [-0.2, 0) is 16.7 Å². The number of cyclic esters (lactones) is 1. The van der Waals surface area contributed by atoms with E-state index in [2.05, 4.69) is 31.1 Å². The van der Waals surface area contributed by atoms with Crippen molar-refractivity contribution in [3.05, 3.63) is 44.7 Å². The standard InChI is InChI=1S/C19H22ClN3O4S/c1-19(2,3)15-9-23(8-12-10-27-18(25)21-12)17(28-15)22-16(24)13-7-11(20)5-6-14(13)26-4/h5-7,9,12H,8,10H2,1-4H3,(H,21,25)/t12-/m0/s1. The number of hydrogen-bond acceptors (Lipinski definition) is 5. The molecular formula is C19H22ClN3O4S. The molecule has 1 aliphatic heterocycles. The highest BCUT2D eigenvalue weighted by atomic mass is 35.5. The van der Waals surface area contributed by atoms with Crippen LogP contribution >= 0.6 is 22.9 Å². The Labute approximate surface area is 172 Å². The quantitative estimate of drug-likeness (QED) is 0.817. The van der Waals surface area contributed by atoms with E-state index >= 15 is 0 Å². The third-order valence-electron chi connectivity index (χ3n) is 4.20. The molecule has 0 saturated carbocycles. The van der Waals surface area contributed by atoms with E-state index < -0.39 is 12.0 Å². The summed E-state index contributed by atoms with van der Waals surface area (Å²) in [5, 5.41) is 3.18. The van der Waals surface area contributed by atoms with Crippen LogP contribution in [0.4, 0.5) is 4.79 Å². The number of nitrogens with zero attached hydrogens (tertiary/aromatic N) is 2. The van der Waals surface area contributed by atoms with Crippen molar-refractivity contribution >= 4 is 34.9 Å². The van der Waals surface area contributed by atoms with Gasteiger partial charge < -0.3 is 19.4 Å². The number of carbonyl (C=O) groups excluding carboxylic acids is 2. The number of amides is 2. The maximum absolute atomic E-state index is 12.8. The Morgan fingerprint density at radius 3 is 2.82 bits per heavy atom. The molecule has 1 aromatic carbocycles. The van der Waals surface area contributed by atoms with E-state index in [0.717, 1.165) is 4.88 Å². The molecule has 9 heteroatoms. The summed E-state index contributed by atoms with van der Waals surface area (Å²) in [6, 6.07) is 4.66. The van der Waals surface area contributed by atoms with Gasteiger partial charge in [0.05, 0.1) is 18.7 Å². The fourth-order valence-corrected chi connectivity index (χ4v) is 3.93. The Hall–Kier alpha value is -2.32. The fourth-order valence-electron chi connectivity index (χ4n) is 2.70. The monoisotopic (exact) mass is 423 g/mol. The number of hydrogen-bond donors (Lipinski definition) is 1. The van der Waals surface area contributed by atoms with Crippen LogP contribution in [-0.4, -0.2) is 36.3 Å². The van der Waals surface area contributed by atoms with Gasteiger partial charge in [-0.3, -0.25) is 4.79 Å². The van der Waals surface area contributed by atoms with Gasteiger partial charge >= 0.3 is 6.09 Å². The highest BCUT2D eigenvalue weighted by molar-refractivity contribution is 7.09. The molecule has 0 bridgehead atoms. The molecule has 0 spiro atoms. The van der Waals surface area contributed by atoms with E-state index in [-0.39, 0.29) is 18.1 Å². The molecule has 0 radical (unpaired) electrons. The number of rotatable bonds is 4. The van der Waals surface area contributed by atoms with Gasteiger partial charge in [0, 0.05) is 22.6 Å². The normalized spacial score (nSPS) is 17.4. The van der Waals surface area contributed by atoms with Gasteiger partial charge in [0.2, 0.25) is 0 Å². The summed E-state index contributed by atoms with van der Waals surface area (Å²) in [4.78, 5) is 30.1. The van der Waals surface area contributed by atoms with Gasteiger partial charge in [0.25, 0.3) is 5.91 Å². The number of nitrogens with one attached hydrogen (secondary N) is 1. The number of ether oxygens (including phenoxy) is 2. The molecule has 0 aliphatic carbocycles. The number of alkyl carbamates (subject to hydrolysis) is 1. The van der Waals surface area contributed by atoms with Crippen molar-refractivity contribution in [3.63, 3.8) is 0 Å². The number of aromatic nitrogens is 1. The van der Waals surface area contributed by atoms with Crippen molar-refractivity contribution in [2.45, 2.75) is 38.8 Å². The molecule has 2 amide bonds. The van der Waals surface area contributed by atoms with E-state index in [1.807, 2.05) is 10.8 Å². The van der Waals surface area contributed by atoms with Crippen LogP contribution in [0.2, 0.25) is 5.02 Å². The Morgan fingerprint density at radius 2 is 2.21 bits per heavy atom. The summed E-state index contributed by atoms with van der Waals surface area (Å²) >= 11 is 7.48. The van der Waals surface area contributed by atoms with Crippen LogP contribution in [0.5, 0.6) is 5.75 Å². The summed E-state index contributed by atoms with van der Waals surface area (Å²) < 4.78 is 12.1. The summed E-state index contributed by atoms with van der Waals surface area (Å²) in [7, 11) is 1.49. The second-order valence-corrected chi connectivity index (χ2v) is 8.93. The Balaban J connectivity index is 2.01. The minimum absolute atomic E-state index is 0.105. The maximum Gasteiger partial charge on any atom is 0.407 e. The van der Waals surface area contributed by atoms with Crippen molar-refractivity contribution in [3.8, 4) is 5.75 Å². The highest BCUT2D eigenvalue weighted by Gasteiger charge is 2.25. The van der Waals surface area contributed by atoms with Gasteiger partial charge in [0.15, 0.2) is 4.80 Å². The number of thiazole rings is 1. The maximum atomic E-state index is 12.8. The first-order valence-corrected chi connectivity index (χ1v) is 9.93. The SMILES string of the molecule is COc1ccc(Cl)cc1C(=O)N=c1sc(C(C)(C)C)cn1C[C@H]1COC(=O)N1. The van der Waals surface area contributed by atoms with Crippen LogP contribution in [0.1, 0.15) is 36.0 Å². The molecule has 0 unspecified atom stereocenters. The molecule has 1 aromatic heterocycles. The zero-order chi connectivity index (χ0) is 20.5. The predicted molar refractivity (Wildman–Crippen MR) is 107 cm³/mol. The van der Waals surface area contributed by atoms with Crippen LogP contribution in [0, 0.1) is 0 Å². The van der Waals surface area contributed by atoms with Crippen LogP contribution in [0.25, 0.3) is 0 Å². The van der Waals surface area contributed by atoms with Crippen molar-refractivity contribution in [2.75, 3.05) is 13.7 Å². The number of benzene rings is 1. The van der Waals surface area contributed by atoms with E-state index in [1.165, 1.54) is 18.4 Å².